The van der Waals surface area contributed by atoms with Gasteiger partial charge in [-0.25, -0.2) is 0 Å². The Bertz CT molecular complexity index is 469. The van der Waals surface area contributed by atoms with Crippen molar-refractivity contribution in [3.05, 3.63) is 6.07 Å². The molecule has 1 aromatic heterocycles. The van der Waals surface area contributed by atoms with E-state index in [4.69, 9.17) is 9.47 Å². The van der Waals surface area contributed by atoms with E-state index in [0.29, 0.717) is 23.6 Å². The number of nitrogens with one attached hydrogen (secondary N) is 1. The highest BCUT2D eigenvalue weighted by Gasteiger charge is 2.29. The summed E-state index contributed by atoms with van der Waals surface area (Å²) in [5.74, 6) is 2.29. The molecule has 122 valence electrons. The fraction of sp³-hybridized carbons (Fsp3) is 0.750. The highest BCUT2D eigenvalue weighted by molar-refractivity contribution is 5.33. The van der Waals surface area contributed by atoms with Gasteiger partial charge in [-0.15, -0.1) is 0 Å². The summed E-state index contributed by atoms with van der Waals surface area (Å²) in [6.45, 7) is 3.33. The summed E-state index contributed by atoms with van der Waals surface area (Å²) in [6.07, 6.45) is 6.83. The fourth-order valence-corrected chi connectivity index (χ4v) is 3.56. The van der Waals surface area contributed by atoms with Gasteiger partial charge in [-0.05, 0) is 31.7 Å². The monoisotopic (exact) mass is 306 g/mol. The van der Waals surface area contributed by atoms with Crippen LogP contribution in [0.4, 0.5) is 5.95 Å². The third-order valence-corrected chi connectivity index (χ3v) is 4.80. The second kappa shape index (κ2) is 7.13. The molecule has 1 aliphatic heterocycles. The first-order chi connectivity index (χ1) is 10.8. The van der Waals surface area contributed by atoms with E-state index in [1.165, 1.54) is 45.2 Å². The number of ether oxygens (including phenoxy) is 2. The lowest BCUT2D eigenvalue weighted by molar-refractivity contribution is 0.238. The zero-order valence-electron chi connectivity index (χ0n) is 13.5. The maximum Gasteiger partial charge on any atom is 0.229 e. The number of hydrogen-bond donors (Lipinski definition) is 1. The zero-order valence-corrected chi connectivity index (χ0v) is 13.5. The number of aromatic nitrogens is 2. The second-order valence-electron chi connectivity index (χ2n) is 6.25. The number of methoxy groups -OCH3 is 2. The summed E-state index contributed by atoms with van der Waals surface area (Å²) in [7, 11) is 3.20. The van der Waals surface area contributed by atoms with E-state index in [1.54, 1.807) is 20.3 Å². The second-order valence-corrected chi connectivity index (χ2v) is 6.25. The molecule has 0 spiro atoms. The predicted octanol–water partition coefficient (Wildman–Crippen LogP) is 2.17. The molecule has 0 aromatic carbocycles. The van der Waals surface area contributed by atoms with Crippen LogP contribution in [0.3, 0.4) is 0 Å². The average molecular weight is 306 g/mol. The molecule has 3 rings (SSSR count). The van der Waals surface area contributed by atoms with Gasteiger partial charge < -0.3 is 19.7 Å². The SMILES string of the molecule is COc1cc(OC)nc(NC[C@H]2CCN(C3CCCC3)C2)n1. The molecule has 0 radical (unpaired) electrons. The lowest BCUT2D eigenvalue weighted by Gasteiger charge is -2.23. The van der Waals surface area contributed by atoms with E-state index in [9.17, 15) is 0 Å². The van der Waals surface area contributed by atoms with Crippen LogP contribution in [0.2, 0.25) is 0 Å². The van der Waals surface area contributed by atoms with Crippen LogP contribution < -0.4 is 14.8 Å². The molecule has 2 heterocycles. The van der Waals surface area contributed by atoms with Gasteiger partial charge in [0, 0.05) is 19.1 Å². The number of likely N-dealkylation sites (tertiary alicyclic amines) is 1. The van der Waals surface area contributed by atoms with Crippen LogP contribution >= 0.6 is 0 Å². The number of anilines is 1. The molecule has 2 aliphatic rings. The molecule has 6 nitrogen and oxygen atoms in total. The molecule has 0 unspecified atom stereocenters. The van der Waals surface area contributed by atoms with Gasteiger partial charge in [0.25, 0.3) is 0 Å². The maximum atomic E-state index is 5.17. The highest BCUT2D eigenvalue weighted by Crippen LogP contribution is 2.28. The maximum absolute atomic E-state index is 5.17. The molecule has 1 saturated heterocycles. The third-order valence-electron chi connectivity index (χ3n) is 4.80. The Morgan fingerprint density at radius 3 is 2.45 bits per heavy atom. The van der Waals surface area contributed by atoms with Crippen molar-refractivity contribution in [2.75, 3.05) is 39.2 Å². The van der Waals surface area contributed by atoms with Crippen LogP contribution in [0.25, 0.3) is 0 Å². The Morgan fingerprint density at radius 2 is 1.82 bits per heavy atom. The smallest absolute Gasteiger partial charge is 0.229 e. The van der Waals surface area contributed by atoms with Crippen molar-refractivity contribution in [3.8, 4) is 11.8 Å². The van der Waals surface area contributed by atoms with Crippen molar-refractivity contribution in [2.24, 2.45) is 5.92 Å². The van der Waals surface area contributed by atoms with Crippen LogP contribution in [-0.2, 0) is 0 Å². The first-order valence-electron chi connectivity index (χ1n) is 8.23. The van der Waals surface area contributed by atoms with Crippen LogP contribution in [-0.4, -0.2) is 54.8 Å². The third kappa shape index (κ3) is 3.61. The minimum Gasteiger partial charge on any atom is -0.481 e. The van der Waals surface area contributed by atoms with E-state index >= 15 is 0 Å². The quantitative estimate of drug-likeness (QED) is 0.869. The van der Waals surface area contributed by atoms with Crippen molar-refractivity contribution in [1.29, 1.82) is 0 Å². The van der Waals surface area contributed by atoms with Crippen molar-refractivity contribution >= 4 is 5.95 Å². The lowest BCUT2D eigenvalue weighted by atomic mass is 10.1. The summed E-state index contributed by atoms with van der Waals surface area (Å²) in [5.41, 5.74) is 0. The van der Waals surface area contributed by atoms with Crippen LogP contribution in [0.1, 0.15) is 32.1 Å². The lowest BCUT2D eigenvalue weighted by Crippen LogP contribution is -2.31. The van der Waals surface area contributed by atoms with E-state index in [-0.39, 0.29) is 0 Å². The Morgan fingerprint density at radius 1 is 1.14 bits per heavy atom. The molecular formula is C16H26N4O2. The van der Waals surface area contributed by atoms with E-state index < -0.39 is 0 Å². The average Bonchev–Trinajstić information content (AvgIpc) is 3.23. The van der Waals surface area contributed by atoms with Crippen molar-refractivity contribution in [1.82, 2.24) is 14.9 Å². The van der Waals surface area contributed by atoms with Gasteiger partial charge in [-0.3, -0.25) is 0 Å². The van der Waals surface area contributed by atoms with E-state index in [2.05, 4.69) is 20.2 Å². The molecule has 1 aliphatic carbocycles. The Labute approximate surface area is 132 Å². The highest BCUT2D eigenvalue weighted by atomic mass is 16.5. The van der Waals surface area contributed by atoms with Gasteiger partial charge in [0.15, 0.2) is 0 Å². The molecule has 1 saturated carbocycles. The predicted molar refractivity (Wildman–Crippen MR) is 85.6 cm³/mol. The zero-order chi connectivity index (χ0) is 15.4. The van der Waals surface area contributed by atoms with E-state index in [1.807, 2.05) is 0 Å². The standard InChI is InChI=1S/C16H26N4O2/c1-21-14-9-15(22-2)19-16(18-14)17-10-12-7-8-20(11-12)13-5-3-4-6-13/h9,12-13H,3-8,10-11H2,1-2H3,(H,17,18,19)/t12-/m1/s1. The fourth-order valence-electron chi connectivity index (χ4n) is 3.56. The first-order valence-corrected chi connectivity index (χ1v) is 8.23. The molecule has 1 aromatic rings. The van der Waals surface area contributed by atoms with Crippen molar-refractivity contribution in [3.63, 3.8) is 0 Å². The largest absolute Gasteiger partial charge is 0.481 e. The first kappa shape index (κ1) is 15.3. The number of hydrogen-bond acceptors (Lipinski definition) is 6. The van der Waals surface area contributed by atoms with Crippen LogP contribution in [0, 0.1) is 5.92 Å². The van der Waals surface area contributed by atoms with Gasteiger partial charge in [0.1, 0.15) is 0 Å². The van der Waals surface area contributed by atoms with Gasteiger partial charge in [0.2, 0.25) is 17.7 Å². The molecule has 2 fully saturated rings. The van der Waals surface area contributed by atoms with Gasteiger partial charge in [0.05, 0.1) is 20.3 Å². The molecule has 6 heteroatoms. The Balaban J connectivity index is 1.52. The van der Waals surface area contributed by atoms with Gasteiger partial charge in [-0.1, -0.05) is 12.8 Å². The van der Waals surface area contributed by atoms with Crippen molar-refractivity contribution in [2.45, 2.75) is 38.1 Å². The minimum atomic E-state index is 0.522. The summed E-state index contributed by atoms with van der Waals surface area (Å²) in [4.78, 5) is 11.3. The van der Waals surface area contributed by atoms with Gasteiger partial charge in [-0.2, -0.15) is 9.97 Å². The topological polar surface area (TPSA) is 59.5 Å². The van der Waals surface area contributed by atoms with Crippen molar-refractivity contribution < 1.29 is 9.47 Å². The summed E-state index contributed by atoms with van der Waals surface area (Å²) < 4.78 is 10.3. The molecule has 22 heavy (non-hydrogen) atoms. The van der Waals surface area contributed by atoms with Crippen LogP contribution in [0.15, 0.2) is 6.07 Å². The normalized spacial score (nSPS) is 22.9. The minimum absolute atomic E-state index is 0.522. The molecule has 0 bridgehead atoms. The van der Waals surface area contributed by atoms with Gasteiger partial charge >= 0.3 is 0 Å². The Hall–Kier alpha value is -1.56. The number of nitrogens with zero attached hydrogens (tertiary/aromatic N) is 3. The summed E-state index contributed by atoms with van der Waals surface area (Å²) in [6, 6.07) is 2.51. The molecule has 1 atom stereocenters. The number of rotatable bonds is 6. The summed E-state index contributed by atoms with van der Waals surface area (Å²) in [5, 5.41) is 3.34. The summed E-state index contributed by atoms with van der Waals surface area (Å²) >= 11 is 0. The molecular weight excluding hydrogens is 280 g/mol. The van der Waals surface area contributed by atoms with Crippen LogP contribution in [0.5, 0.6) is 11.8 Å². The molecule has 1 N–H and O–H groups in total. The van der Waals surface area contributed by atoms with E-state index in [0.717, 1.165) is 12.6 Å². The molecule has 0 amide bonds. The Kier molecular flexibility index (Phi) is 4.97.